The minimum absolute atomic E-state index is 0.00847. The highest BCUT2D eigenvalue weighted by atomic mass is 16.5. The topological polar surface area (TPSA) is 72.5 Å². The van der Waals surface area contributed by atoms with E-state index in [1.807, 2.05) is 32.0 Å². The fraction of sp³-hybridized carbons (Fsp3) is 0.550. The number of amides is 1. The van der Waals surface area contributed by atoms with Crippen LogP contribution < -0.4 is 5.32 Å². The number of esters is 1. The number of carbonyl (C=O) groups excluding carboxylic acids is 3. The number of hydrogen-bond acceptors (Lipinski definition) is 4. The Kier molecular flexibility index (Phi) is 5.21. The van der Waals surface area contributed by atoms with Crippen LogP contribution in [-0.4, -0.2) is 24.3 Å². The second-order valence-electron chi connectivity index (χ2n) is 7.43. The standard InChI is InChI=1S/C20H25NO4/c1-12-6-13(2)8-17(7-12)21-18(22)11-25-20(24)16-9-14-4-3-5-15(10-16)19(14)23/h6-8,14-16H,3-5,9-11H2,1-2H3,(H,21,22)/t14-,15-/m1/s1. The first-order chi connectivity index (χ1) is 11.9. The van der Waals surface area contributed by atoms with Gasteiger partial charge in [-0.3, -0.25) is 14.4 Å². The maximum absolute atomic E-state index is 12.3. The highest BCUT2D eigenvalue weighted by Crippen LogP contribution is 2.40. The first kappa shape index (κ1) is 17.6. The van der Waals surface area contributed by atoms with Crippen LogP contribution in [0.2, 0.25) is 0 Å². The van der Waals surface area contributed by atoms with Crippen molar-refractivity contribution < 1.29 is 19.1 Å². The van der Waals surface area contributed by atoms with Gasteiger partial charge in [0.25, 0.3) is 5.91 Å². The molecule has 25 heavy (non-hydrogen) atoms. The largest absolute Gasteiger partial charge is 0.455 e. The number of fused-ring (bicyclic) bond motifs is 2. The molecular weight excluding hydrogens is 318 g/mol. The van der Waals surface area contributed by atoms with Gasteiger partial charge in [-0.1, -0.05) is 12.5 Å². The van der Waals surface area contributed by atoms with Crippen molar-refractivity contribution in [3.8, 4) is 0 Å². The fourth-order valence-corrected chi connectivity index (χ4v) is 4.17. The van der Waals surface area contributed by atoms with Gasteiger partial charge in [0.2, 0.25) is 0 Å². The number of benzene rings is 1. The zero-order valence-electron chi connectivity index (χ0n) is 14.8. The molecule has 0 radical (unpaired) electrons. The first-order valence-corrected chi connectivity index (χ1v) is 9.01. The lowest BCUT2D eigenvalue weighted by Gasteiger charge is -2.36. The Morgan fingerprint density at radius 3 is 2.28 bits per heavy atom. The Morgan fingerprint density at radius 2 is 1.68 bits per heavy atom. The molecule has 2 fully saturated rings. The molecule has 2 aliphatic rings. The van der Waals surface area contributed by atoms with E-state index in [0.717, 1.165) is 30.4 Å². The van der Waals surface area contributed by atoms with Gasteiger partial charge >= 0.3 is 5.97 Å². The van der Waals surface area contributed by atoms with Crippen molar-refractivity contribution in [3.05, 3.63) is 29.3 Å². The van der Waals surface area contributed by atoms with Crippen LogP contribution in [0.1, 0.15) is 43.2 Å². The van der Waals surface area contributed by atoms with Crippen LogP contribution in [0.4, 0.5) is 5.69 Å². The lowest BCUT2D eigenvalue weighted by Crippen LogP contribution is -2.40. The summed E-state index contributed by atoms with van der Waals surface area (Å²) in [5.74, 6) is -0.599. The maximum atomic E-state index is 12.3. The van der Waals surface area contributed by atoms with Gasteiger partial charge in [-0.05, 0) is 62.8 Å². The van der Waals surface area contributed by atoms with Gasteiger partial charge in [0.15, 0.2) is 6.61 Å². The predicted molar refractivity (Wildman–Crippen MR) is 94.1 cm³/mol. The van der Waals surface area contributed by atoms with Crippen molar-refractivity contribution in [1.29, 1.82) is 0 Å². The van der Waals surface area contributed by atoms with E-state index in [4.69, 9.17) is 4.74 Å². The van der Waals surface area contributed by atoms with E-state index in [0.29, 0.717) is 24.3 Å². The van der Waals surface area contributed by atoms with Gasteiger partial charge in [-0.2, -0.15) is 0 Å². The maximum Gasteiger partial charge on any atom is 0.309 e. The van der Waals surface area contributed by atoms with Crippen molar-refractivity contribution in [2.24, 2.45) is 17.8 Å². The summed E-state index contributed by atoms with van der Waals surface area (Å²) in [6, 6.07) is 5.78. The molecule has 134 valence electrons. The van der Waals surface area contributed by atoms with Crippen molar-refractivity contribution in [3.63, 3.8) is 0 Å². The fourth-order valence-electron chi connectivity index (χ4n) is 4.17. The van der Waals surface area contributed by atoms with E-state index >= 15 is 0 Å². The Hall–Kier alpha value is -2.17. The summed E-state index contributed by atoms with van der Waals surface area (Å²) in [6.45, 7) is 3.64. The number of aryl methyl sites for hydroxylation is 2. The summed E-state index contributed by atoms with van der Waals surface area (Å²) >= 11 is 0. The number of ether oxygens (including phenoxy) is 1. The number of nitrogens with one attached hydrogen (secondary N) is 1. The lowest BCUT2D eigenvalue weighted by molar-refractivity contribution is -0.155. The molecule has 2 aliphatic carbocycles. The average molecular weight is 343 g/mol. The second kappa shape index (κ2) is 7.38. The molecule has 0 spiro atoms. The van der Waals surface area contributed by atoms with Gasteiger partial charge in [-0.15, -0.1) is 0 Å². The molecule has 1 aromatic rings. The summed E-state index contributed by atoms with van der Waals surface area (Å²) in [7, 11) is 0. The summed E-state index contributed by atoms with van der Waals surface area (Å²) in [4.78, 5) is 36.4. The van der Waals surface area contributed by atoms with Crippen LogP contribution in [0.5, 0.6) is 0 Å². The molecule has 3 rings (SSSR count). The van der Waals surface area contributed by atoms with E-state index < -0.39 is 0 Å². The zero-order valence-corrected chi connectivity index (χ0v) is 14.8. The summed E-state index contributed by atoms with van der Waals surface area (Å²) < 4.78 is 5.21. The number of anilines is 1. The van der Waals surface area contributed by atoms with Crippen LogP contribution in [0.25, 0.3) is 0 Å². The van der Waals surface area contributed by atoms with E-state index in [1.54, 1.807) is 0 Å². The summed E-state index contributed by atoms with van der Waals surface area (Å²) in [5.41, 5.74) is 2.83. The summed E-state index contributed by atoms with van der Waals surface area (Å²) in [5, 5.41) is 2.76. The van der Waals surface area contributed by atoms with Gasteiger partial charge in [0, 0.05) is 17.5 Å². The van der Waals surface area contributed by atoms with E-state index in [-0.39, 0.29) is 36.2 Å². The molecule has 1 aromatic carbocycles. The molecular formula is C20H25NO4. The lowest BCUT2D eigenvalue weighted by atomic mass is 9.67. The monoisotopic (exact) mass is 343 g/mol. The van der Waals surface area contributed by atoms with Crippen molar-refractivity contribution in [2.75, 3.05) is 11.9 Å². The van der Waals surface area contributed by atoms with E-state index in [2.05, 4.69) is 5.32 Å². The highest BCUT2D eigenvalue weighted by Gasteiger charge is 2.41. The Labute approximate surface area is 148 Å². The highest BCUT2D eigenvalue weighted by molar-refractivity contribution is 5.93. The first-order valence-electron chi connectivity index (χ1n) is 9.01. The van der Waals surface area contributed by atoms with Gasteiger partial charge in [-0.25, -0.2) is 0 Å². The van der Waals surface area contributed by atoms with Crippen LogP contribution >= 0.6 is 0 Å². The van der Waals surface area contributed by atoms with Crippen molar-refractivity contribution >= 4 is 23.3 Å². The van der Waals surface area contributed by atoms with Crippen LogP contribution in [0.15, 0.2) is 18.2 Å². The third-order valence-corrected chi connectivity index (χ3v) is 5.23. The smallest absolute Gasteiger partial charge is 0.309 e. The quantitative estimate of drug-likeness (QED) is 0.852. The average Bonchev–Trinajstić information content (AvgIpc) is 2.51. The molecule has 0 heterocycles. The molecule has 2 atom stereocenters. The molecule has 1 N–H and O–H groups in total. The number of hydrogen-bond donors (Lipinski definition) is 1. The van der Waals surface area contributed by atoms with Crippen molar-refractivity contribution in [1.82, 2.24) is 0 Å². The molecule has 0 aromatic heterocycles. The molecule has 5 nitrogen and oxygen atoms in total. The molecule has 0 saturated heterocycles. The van der Waals surface area contributed by atoms with Gasteiger partial charge in [0.1, 0.15) is 5.78 Å². The van der Waals surface area contributed by atoms with Gasteiger partial charge in [0.05, 0.1) is 5.92 Å². The molecule has 0 unspecified atom stereocenters. The number of Topliss-reactive ketones (excluding diaryl/α,β-unsaturated/α-hetero) is 1. The molecule has 1 amide bonds. The predicted octanol–water partition coefficient (Wildman–Crippen LogP) is 3.18. The number of rotatable bonds is 4. The molecule has 2 bridgehead atoms. The van der Waals surface area contributed by atoms with Crippen LogP contribution in [0, 0.1) is 31.6 Å². The minimum Gasteiger partial charge on any atom is -0.455 e. The SMILES string of the molecule is Cc1cc(C)cc(NC(=O)COC(=O)C2C[C@H]3CCC[C@H](C2)C3=O)c1. The van der Waals surface area contributed by atoms with Gasteiger partial charge < -0.3 is 10.1 Å². The van der Waals surface area contributed by atoms with Crippen LogP contribution in [0.3, 0.4) is 0 Å². The zero-order chi connectivity index (χ0) is 18.0. The minimum atomic E-state index is -0.347. The normalized spacial score (nSPS) is 25.4. The van der Waals surface area contributed by atoms with E-state index in [1.165, 1.54) is 0 Å². The Balaban J connectivity index is 1.50. The molecule has 2 saturated carbocycles. The third-order valence-electron chi connectivity index (χ3n) is 5.23. The molecule has 5 heteroatoms. The molecule has 0 aliphatic heterocycles. The van der Waals surface area contributed by atoms with Crippen LogP contribution in [-0.2, 0) is 19.1 Å². The number of ketones is 1. The second-order valence-corrected chi connectivity index (χ2v) is 7.43. The number of carbonyl (C=O) groups is 3. The van der Waals surface area contributed by atoms with Crippen molar-refractivity contribution in [2.45, 2.75) is 46.0 Å². The Bertz CT molecular complexity index is 661. The third kappa shape index (κ3) is 4.27. The summed E-state index contributed by atoms with van der Waals surface area (Å²) in [6.07, 6.45) is 3.99. The van der Waals surface area contributed by atoms with E-state index in [9.17, 15) is 14.4 Å². The Morgan fingerprint density at radius 1 is 1.08 bits per heavy atom.